The number of anilines is 1. The van der Waals surface area contributed by atoms with Crippen LogP contribution in [0, 0.1) is 5.82 Å². The van der Waals surface area contributed by atoms with Gasteiger partial charge in [0.15, 0.2) is 5.78 Å². The molecule has 3 aromatic rings. The number of morpholine rings is 1. The number of Topliss-reactive ketones (excluding diaryl/α,β-unsaturated/α-hetero) is 1. The molecule has 0 aliphatic carbocycles. The number of para-hydroxylation sites is 1. The first-order valence-corrected chi connectivity index (χ1v) is 11.3. The van der Waals surface area contributed by atoms with E-state index in [4.69, 9.17) is 4.74 Å². The monoisotopic (exact) mass is 462 g/mol. The lowest BCUT2D eigenvalue weighted by Crippen LogP contribution is -2.43. The number of ether oxygens (including phenoxy) is 1. The molecule has 34 heavy (non-hydrogen) atoms. The molecule has 0 radical (unpaired) electrons. The number of carbonyl (C=O) groups excluding carboxylic acids is 2. The second-order valence-electron chi connectivity index (χ2n) is 8.25. The van der Waals surface area contributed by atoms with E-state index in [1.54, 1.807) is 18.2 Å². The van der Waals surface area contributed by atoms with E-state index in [0.717, 1.165) is 29.9 Å². The number of aromatic hydroxyl groups is 1. The Labute approximate surface area is 198 Å². The predicted octanol–water partition coefficient (Wildman–Crippen LogP) is 3.52. The molecule has 1 aliphatic rings. The van der Waals surface area contributed by atoms with Crippen LogP contribution >= 0.6 is 0 Å². The molecule has 0 saturated carbocycles. The second-order valence-corrected chi connectivity index (χ2v) is 8.25. The molecule has 176 valence electrons. The number of phenols is 1. The van der Waals surface area contributed by atoms with Gasteiger partial charge in [0, 0.05) is 25.2 Å². The zero-order chi connectivity index (χ0) is 23.9. The summed E-state index contributed by atoms with van der Waals surface area (Å²) in [6.07, 6.45) is 0.340. The van der Waals surface area contributed by atoms with Crippen molar-refractivity contribution in [3.05, 3.63) is 95.3 Å². The summed E-state index contributed by atoms with van der Waals surface area (Å²) in [7, 11) is 0. The normalized spacial score (nSPS) is 14.4. The van der Waals surface area contributed by atoms with E-state index in [9.17, 15) is 19.1 Å². The van der Waals surface area contributed by atoms with Gasteiger partial charge in [0.05, 0.1) is 24.8 Å². The maximum Gasteiger partial charge on any atom is 0.254 e. The lowest BCUT2D eigenvalue weighted by molar-refractivity contribution is -0.120. The maximum absolute atomic E-state index is 14.2. The number of carbonyl (C=O) groups is 2. The van der Waals surface area contributed by atoms with Crippen molar-refractivity contribution in [2.75, 3.05) is 31.2 Å². The average Bonchev–Trinajstić information content (AvgIpc) is 2.86. The molecule has 4 rings (SSSR count). The minimum Gasteiger partial charge on any atom is -0.508 e. The molecule has 1 aliphatic heterocycles. The highest BCUT2D eigenvalue weighted by atomic mass is 19.1. The number of nitrogens with one attached hydrogen (secondary N) is 1. The van der Waals surface area contributed by atoms with Gasteiger partial charge in [-0.2, -0.15) is 0 Å². The van der Waals surface area contributed by atoms with Gasteiger partial charge in [-0.15, -0.1) is 0 Å². The number of ketones is 1. The van der Waals surface area contributed by atoms with Gasteiger partial charge in [-0.3, -0.25) is 9.59 Å². The first-order chi connectivity index (χ1) is 16.5. The average molecular weight is 463 g/mol. The lowest BCUT2D eigenvalue weighted by Gasteiger charge is -2.30. The highest BCUT2D eigenvalue weighted by Gasteiger charge is 2.25. The first-order valence-electron chi connectivity index (χ1n) is 11.3. The third-order valence-electron chi connectivity index (χ3n) is 5.90. The molecule has 0 spiro atoms. The van der Waals surface area contributed by atoms with Gasteiger partial charge in [0.1, 0.15) is 11.6 Å². The van der Waals surface area contributed by atoms with Crippen molar-refractivity contribution in [2.45, 2.75) is 18.9 Å². The Balaban J connectivity index is 1.57. The van der Waals surface area contributed by atoms with Crippen molar-refractivity contribution in [1.29, 1.82) is 0 Å². The Bertz CT molecular complexity index is 1140. The molecule has 1 amide bonds. The highest BCUT2D eigenvalue weighted by molar-refractivity contribution is 5.98. The zero-order valence-electron chi connectivity index (χ0n) is 18.7. The van der Waals surface area contributed by atoms with Crippen LogP contribution in [-0.4, -0.2) is 49.1 Å². The molecule has 1 unspecified atom stereocenters. The highest BCUT2D eigenvalue weighted by Crippen LogP contribution is 2.23. The van der Waals surface area contributed by atoms with Gasteiger partial charge >= 0.3 is 0 Å². The molecule has 1 heterocycles. The van der Waals surface area contributed by atoms with Crippen LogP contribution in [0.4, 0.5) is 10.1 Å². The third-order valence-corrected chi connectivity index (χ3v) is 5.90. The summed E-state index contributed by atoms with van der Waals surface area (Å²) in [4.78, 5) is 28.5. The van der Waals surface area contributed by atoms with Crippen molar-refractivity contribution in [3.63, 3.8) is 0 Å². The number of phenolic OH excluding ortho intramolecular Hbond substituents is 1. The summed E-state index contributed by atoms with van der Waals surface area (Å²) in [5, 5.41) is 12.3. The number of halogens is 1. The molecule has 0 aromatic heterocycles. The molecular weight excluding hydrogens is 435 g/mol. The fourth-order valence-electron chi connectivity index (χ4n) is 4.08. The van der Waals surface area contributed by atoms with Gasteiger partial charge < -0.3 is 20.1 Å². The smallest absolute Gasteiger partial charge is 0.254 e. The van der Waals surface area contributed by atoms with Crippen LogP contribution in [0.25, 0.3) is 0 Å². The number of hydrogen-bond donors (Lipinski definition) is 2. The van der Waals surface area contributed by atoms with Crippen LogP contribution in [0.15, 0.2) is 72.8 Å². The molecule has 2 N–H and O–H groups in total. The van der Waals surface area contributed by atoms with Crippen molar-refractivity contribution in [3.8, 4) is 5.75 Å². The Morgan fingerprint density at radius 2 is 1.65 bits per heavy atom. The Hall–Kier alpha value is -3.71. The van der Waals surface area contributed by atoms with E-state index in [1.165, 1.54) is 30.3 Å². The largest absolute Gasteiger partial charge is 0.508 e. The summed E-state index contributed by atoms with van der Waals surface area (Å²) in [5.41, 5.74) is 2.50. The fraction of sp³-hybridized carbons (Fsp3) is 0.259. The summed E-state index contributed by atoms with van der Waals surface area (Å²) in [5.74, 6) is -1.36. The molecule has 3 aromatic carbocycles. The van der Waals surface area contributed by atoms with Crippen LogP contribution in [0.5, 0.6) is 5.75 Å². The molecule has 1 atom stereocenters. The topological polar surface area (TPSA) is 78.9 Å². The first kappa shape index (κ1) is 23.4. The number of amides is 1. The van der Waals surface area contributed by atoms with Gasteiger partial charge in [-0.05, 0) is 47.9 Å². The Morgan fingerprint density at radius 1 is 0.971 bits per heavy atom. The van der Waals surface area contributed by atoms with Crippen LogP contribution in [0.1, 0.15) is 21.5 Å². The van der Waals surface area contributed by atoms with E-state index in [1.807, 2.05) is 24.3 Å². The second kappa shape index (κ2) is 10.9. The molecule has 1 fully saturated rings. The van der Waals surface area contributed by atoms with E-state index in [0.29, 0.717) is 13.2 Å². The van der Waals surface area contributed by atoms with Crippen molar-refractivity contribution in [1.82, 2.24) is 5.32 Å². The Kier molecular flexibility index (Phi) is 7.54. The van der Waals surface area contributed by atoms with Gasteiger partial charge in [0.25, 0.3) is 5.91 Å². The molecule has 6 nitrogen and oxygen atoms in total. The number of benzene rings is 3. The van der Waals surface area contributed by atoms with Crippen LogP contribution in [0.2, 0.25) is 0 Å². The third kappa shape index (κ3) is 5.80. The predicted molar refractivity (Wildman–Crippen MR) is 128 cm³/mol. The maximum atomic E-state index is 14.2. The molecule has 1 saturated heterocycles. The number of nitrogens with zero attached hydrogens (tertiary/aromatic N) is 1. The van der Waals surface area contributed by atoms with E-state index < -0.39 is 17.8 Å². The fourth-order valence-corrected chi connectivity index (χ4v) is 4.08. The standard InChI is InChI=1S/C27H27FN2O4/c28-23-7-3-2-6-22(23)27(33)29-24(17-19-9-11-21(31)12-10-19)26(32)18-20-5-1-4-8-25(20)30-13-15-34-16-14-30/h1-12,24,31H,13-18H2,(H,29,33). The van der Waals surface area contributed by atoms with E-state index in [2.05, 4.69) is 10.2 Å². The van der Waals surface area contributed by atoms with Crippen molar-refractivity contribution < 1.29 is 23.8 Å². The van der Waals surface area contributed by atoms with Gasteiger partial charge in [-0.1, -0.05) is 42.5 Å². The number of hydrogen-bond acceptors (Lipinski definition) is 5. The van der Waals surface area contributed by atoms with Crippen molar-refractivity contribution >= 4 is 17.4 Å². The minimum absolute atomic E-state index is 0.111. The molecular formula is C27H27FN2O4. The summed E-state index contributed by atoms with van der Waals surface area (Å²) < 4.78 is 19.6. The lowest BCUT2D eigenvalue weighted by atomic mass is 9.96. The quantitative estimate of drug-likeness (QED) is 0.536. The Morgan fingerprint density at radius 3 is 2.38 bits per heavy atom. The molecule has 0 bridgehead atoms. The zero-order valence-corrected chi connectivity index (χ0v) is 18.7. The van der Waals surface area contributed by atoms with Crippen LogP contribution in [-0.2, 0) is 22.4 Å². The molecule has 7 heteroatoms. The van der Waals surface area contributed by atoms with Gasteiger partial charge in [-0.25, -0.2) is 4.39 Å². The van der Waals surface area contributed by atoms with E-state index >= 15 is 0 Å². The summed E-state index contributed by atoms with van der Waals surface area (Å²) in [6, 6.07) is 19.0. The van der Waals surface area contributed by atoms with Crippen LogP contribution in [0.3, 0.4) is 0 Å². The number of rotatable bonds is 8. The summed E-state index contributed by atoms with van der Waals surface area (Å²) in [6.45, 7) is 2.74. The van der Waals surface area contributed by atoms with Crippen LogP contribution < -0.4 is 10.2 Å². The van der Waals surface area contributed by atoms with Gasteiger partial charge in [0.2, 0.25) is 0 Å². The SMILES string of the molecule is O=C(NC(Cc1ccc(O)cc1)C(=O)Cc1ccccc1N1CCOCC1)c1ccccc1F. The van der Waals surface area contributed by atoms with E-state index in [-0.39, 0.29) is 29.9 Å². The van der Waals surface area contributed by atoms with Crippen molar-refractivity contribution in [2.24, 2.45) is 0 Å². The minimum atomic E-state index is -0.866. The summed E-state index contributed by atoms with van der Waals surface area (Å²) >= 11 is 0.